The minimum Gasteiger partial charge on any atom is -0.465 e. The van der Waals surface area contributed by atoms with Gasteiger partial charge in [0.1, 0.15) is 0 Å². The summed E-state index contributed by atoms with van der Waals surface area (Å²) >= 11 is 0. The number of ether oxygens (including phenoxy) is 2. The van der Waals surface area contributed by atoms with Gasteiger partial charge in [0.25, 0.3) is 0 Å². The quantitative estimate of drug-likeness (QED) is 0.600. The van der Waals surface area contributed by atoms with Gasteiger partial charge in [0.05, 0.1) is 25.0 Å². The minimum atomic E-state index is -0.572. The predicted octanol–water partition coefficient (Wildman–Crippen LogP) is 5.49. The number of carbonyl (C=O) groups is 2. The maximum Gasteiger partial charge on any atom is 0.310 e. The van der Waals surface area contributed by atoms with E-state index in [1.807, 2.05) is 83.1 Å². The lowest BCUT2D eigenvalue weighted by atomic mass is 9.64. The summed E-state index contributed by atoms with van der Waals surface area (Å²) in [6.45, 7) is 24.6. The fraction of sp³-hybridized carbons (Fsp3) is 0.909. The summed E-state index contributed by atoms with van der Waals surface area (Å²) in [5, 5.41) is 0. The van der Waals surface area contributed by atoms with Crippen molar-refractivity contribution in [1.29, 1.82) is 0 Å². The highest BCUT2D eigenvalue weighted by Crippen LogP contribution is 2.43. The third-order valence-electron chi connectivity index (χ3n) is 4.00. The maximum atomic E-state index is 13.0. The Hall–Kier alpha value is -1.06. The van der Waals surface area contributed by atoms with Gasteiger partial charge in [-0.25, -0.2) is 0 Å². The van der Waals surface area contributed by atoms with Crippen LogP contribution in [0, 0.1) is 33.5 Å². The van der Waals surface area contributed by atoms with Crippen LogP contribution >= 0.6 is 0 Å². The first-order valence-electron chi connectivity index (χ1n) is 9.59. The molecule has 2 atom stereocenters. The summed E-state index contributed by atoms with van der Waals surface area (Å²) in [4.78, 5) is 26.0. The molecule has 0 radical (unpaired) electrons. The van der Waals surface area contributed by atoms with Crippen molar-refractivity contribution in [2.75, 3.05) is 13.2 Å². The van der Waals surface area contributed by atoms with Gasteiger partial charge >= 0.3 is 11.9 Å². The second kappa shape index (κ2) is 8.31. The zero-order valence-corrected chi connectivity index (χ0v) is 19.2. The van der Waals surface area contributed by atoms with Gasteiger partial charge in [-0.1, -0.05) is 83.1 Å². The monoisotopic (exact) mass is 370 g/mol. The molecule has 0 bridgehead atoms. The summed E-state index contributed by atoms with van der Waals surface area (Å²) in [7, 11) is 0. The van der Waals surface area contributed by atoms with Gasteiger partial charge in [0.15, 0.2) is 0 Å². The van der Waals surface area contributed by atoms with Crippen molar-refractivity contribution < 1.29 is 19.1 Å². The molecule has 2 unspecified atom stereocenters. The number of esters is 2. The lowest BCUT2D eigenvalue weighted by molar-refractivity contribution is -0.174. The van der Waals surface area contributed by atoms with E-state index < -0.39 is 22.7 Å². The second-order valence-electron chi connectivity index (χ2n) is 12.0. The van der Waals surface area contributed by atoms with E-state index in [-0.39, 0.29) is 22.8 Å². The molecule has 154 valence electrons. The number of hydrogen-bond donors (Lipinski definition) is 0. The molecule has 0 aliphatic carbocycles. The summed E-state index contributed by atoms with van der Waals surface area (Å²) in [6.07, 6.45) is 0. The van der Waals surface area contributed by atoms with E-state index in [2.05, 4.69) is 0 Å². The van der Waals surface area contributed by atoms with E-state index in [4.69, 9.17) is 9.47 Å². The van der Waals surface area contributed by atoms with E-state index in [9.17, 15) is 9.59 Å². The normalized spacial score (nSPS) is 16.0. The van der Waals surface area contributed by atoms with Crippen molar-refractivity contribution in [2.45, 2.75) is 83.1 Å². The van der Waals surface area contributed by atoms with Crippen LogP contribution < -0.4 is 0 Å². The summed E-state index contributed by atoms with van der Waals surface area (Å²) in [6, 6.07) is 0. The molecule has 26 heavy (non-hydrogen) atoms. The zero-order valence-electron chi connectivity index (χ0n) is 19.2. The Labute approximate surface area is 161 Å². The highest BCUT2D eigenvalue weighted by Gasteiger charge is 2.49. The van der Waals surface area contributed by atoms with Crippen LogP contribution in [0.1, 0.15) is 83.1 Å². The molecule has 0 saturated heterocycles. The van der Waals surface area contributed by atoms with Gasteiger partial charge in [-0.2, -0.15) is 0 Å². The van der Waals surface area contributed by atoms with Crippen molar-refractivity contribution in [1.82, 2.24) is 0 Å². The Morgan fingerprint density at radius 3 is 0.962 bits per heavy atom. The molecule has 0 aromatic rings. The molecule has 4 nitrogen and oxygen atoms in total. The van der Waals surface area contributed by atoms with Gasteiger partial charge in [0.2, 0.25) is 0 Å². The van der Waals surface area contributed by atoms with E-state index in [1.54, 1.807) is 0 Å². The molecule has 0 rings (SSSR count). The Morgan fingerprint density at radius 2 is 0.808 bits per heavy atom. The largest absolute Gasteiger partial charge is 0.465 e. The van der Waals surface area contributed by atoms with Crippen molar-refractivity contribution in [3.05, 3.63) is 0 Å². The summed E-state index contributed by atoms with van der Waals surface area (Å²) in [5.41, 5.74) is -1.09. The van der Waals surface area contributed by atoms with Gasteiger partial charge in [-0.15, -0.1) is 0 Å². The van der Waals surface area contributed by atoms with Crippen LogP contribution in [-0.2, 0) is 19.1 Å². The average Bonchev–Trinajstić information content (AvgIpc) is 2.34. The second-order valence-corrected chi connectivity index (χ2v) is 12.0. The average molecular weight is 371 g/mol. The summed E-state index contributed by atoms with van der Waals surface area (Å²) in [5.74, 6) is -1.78. The van der Waals surface area contributed by atoms with Crippen LogP contribution in [0.3, 0.4) is 0 Å². The molecule has 0 aliphatic heterocycles. The smallest absolute Gasteiger partial charge is 0.310 e. The molecule has 0 amide bonds. The first-order valence-corrected chi connectivity index (χ1v) is 9.59. The molecule has 0 aliphatic rings. The molecule has 0 aromatic carbocycles. The van der Waals surface area contributed by atoms with Crippen LogP contribution in [0.5, 0.6) is 0 Å². The van der Waals surface area contributed by atoms with Gasteiger partial charge < -0.3 is 9.47 Å². The predicted molar refractivity (Wildman–Crippen MR) is 107 cm³/mol. The van der Waals surface area contributed by atoms with E-state index in [1.165, 1.54) is 0 Å². The van der Waals surface area contributed by atoms with E-state index in [0.717, 1.165) is 0 Å². The van der Waals surface area contributed by atoms with Crippen LogP contribution in [0.4, 0.5) is 0 Å². The van der Waals surface area contributed by atoms with Crippen LogP contribution in [0.25, 0.3) is 0 Å². The molecule has 0 aromatic heterocycles. The molecular weight excluding hydrogens is 328 g/mol. The minimum absolute atomic E-state index is 0.123. The zero-order chi connectivity index (χ0) is 21.1. The van der Waals surface area contributed by atoms with Crippen molar-refractivity contribution in [3.63, 3.8) is 0 Å². The Balaban J connectivity index is 5.72. The van der Waals surface area contributed by atoms with Gasteiger partial charge in [0, 0.05) is 0 Å². The lowest BCUT2D eigenvalue weighted by Gasteiger charge is -2.41. The molecular formula is C22H42O4. The first kappa shape index (κ1) is 24.9. The third kappa shape index (κ3) is 9.05. The lowest BCUT2D eigenvalue weighted by Crippen LogP contribution is -2.47. The molecule has 0 N–H and O–H groups in total. The van der Waals surface area contributed by atoms with Crippen LogP contribution in [0.2, 0.25) is 0 Å². The standard InChI is InChI=1S/C22H42O4/c1-19(2,3)13-25-17(23)15(21(7,8)9)16(22(10,11)12)18(24)26-14-20(4,5)6/h15-16H,13-14H2,1-12H3. The Morgan fingerprint density at radius 1 is 0.577 bits per heavy atom. The topological polar surface area (TPSA) is 52.6 Å². The highest BCUT2D eigenvalue weighted by molar-refractivity contribution is 5.83. The molecule has 4 heteroatoms. The molecule has 0 heterocycles. The Kier molecular flexibility index (Phi) is 7.97. The van der Waals surface area contributed by atoms with Gasteiger partial charge in [-0.3, -0.25) is 9.59 Å². The summed E-state index contributed by atoms with van der Waals surface area (Å²) < 4.78 is 11.2. The van der Waals surface area contributed by atoms with E-state index >= 15 is 0 Å². The van der Waals surface area contributed by atoms with Crippen LogP contribution in [0.15, 0.2) is 0 Å². The van der Waals surface area contributed by atoms with Gasteiger partial charge in [-0.05, 0) is 21.7 Å². The van der Waals surface area contributed by atoms with Crippen LogP contribution in [-0.4, -0.2) is 25.2 Å². The fourth-order valence-corrected chi connectivity index (χ4v) is 2.73. The third-order valence-corrected chi connectivity index (χ3v) is 4.00. The van der Waals surface area contributed by atoms with Crippen molar-refractivity contribution in [2.24, 2.45) is 33.5 Å². The number of hydrogen-bond acceptors (Lipinski definition) is 4. The van der Waals surface area contributed by atoms with Crippen molar-refractivity contribution in [3.8, 4) is 0 Å². The first-order chi connectivity index (χ1) is 11.3. The number of carbonyl (C=O) groups excluding carboxylic acids is 2. The molecule has 0 fully saturated rings. The molecule has 0 saturated carbocycles. The maximum absolute atomic E-state index is 13.0. The SMILES string of the molecule is CC(C)(C)COC(=O)C(C(C(=O)OCC(C)(C)C)C(C)(C)C)C(C)(C)C. The van der Waals surface area contributed by atoms with Crippen molar-refractivity contribution >= 4 is 11.9 Å². The Bertz CT molecular complexity index is 432. The fourth-order valence-electron chi connectivity index (χ4n) is 2.73. The number of rotatable bonds is 5. The van der Waals surface area contributed by atoms with E-state index in [0.29, 0.717) is 13.2 Å². The highest BCUT2D eigenvalue weighted by atomic mass is 16.5. The molecule has 0 spiro atoms.